The average Bonchev–Trinajstić information content (AvgIpc) is 2.56. The van der Waals surface area contributed by atoms with Crippen molar-refractivity contribution in [2.75, 3.05) is 37.6 Å². The molecule has 6 heteroatoms. The summed E-state index contributed by atoms with van der Waals surface area (Å²) >= 11 is 0. The maximum Gasteiger partial charge on any atom is 0.131 e. The van der Waals surface area contributed by atoms with Crippen LogP contribution < -0.4 is 4.90 Å². The zero-order valence-electron chi connectivity index (χ0n) is 13.1. The number of rotatable bonds is 4. The molecule has 2 aromatic carbocycles. The highest BCUT2D eigenvalue weighted by Gasteiger charge is 2.21. The highest BCUT2D eigenvalue weighted by Crippen LogP contribution is 2.21. The zero-order valence-corrected chi connectivity index (χ0v) is 13.1. The third-order valence-corrected chi connectivity index (χ3v) is 4.32. The van der Waals surface area contributed by atoms with Gasteiger partial charge in [-0.15, -0.1) is 0 Å². The molecule has 1 N–H and O–H groups in total. The van der Waals surface area contributed by atoms with Crippen molar-refractivity contribution in [2.24, 2.45) is 0 Å². The third-order valence-electron chi connectivity index (χ3n) is 4.32. The Morgan fingerprint density at radius 3 is 2.12 bits per heavy atom. The van der Waals surface area contributed by atoms with Gasteiger partial charge in [-0.2, -0.15) is 0 Å². The van der Waals surface area contributed by atoms with Gasteiger partial charge in [-0.25, -0.2) is 13.2 Å². The summed E-state index contributed by atoms with van der Waals surface area (Å²) in [6, 6.07) is 9.57. The van der Waals surface area contributed by atoms with Crippen molar-refractivity contribution < 1.29 is 18.3 Å². The summed E-state index contributed by atoms with van der Waals surface area (Å²) in [4.78, 5) is 4.17. The van der Waals surface area contributed by atoms with Gasteiger partial charge in [0, 0.05) is 50.0 Å². The molecule has 0 aromatic heterocycles. The van der Waals surface area contributed by atoms with Crippen molar-refractivity contribution in [2.45, 2.75) is 6.10 Å². The van der Waals surface area contributed by atoms with Crippen molar-refractivity contribution in [1.82, 2.24) is 4.90 Å². The smallest absolute Gasteiger partial charge is 0.131 e. The summed E-state index contributed by atoms with van der Waals surface area (Å²) in [6.07, 6.45) is -0.997. The van der Waals surface area contributed by atoms with Crippen molar-refractivity contribution >= 4 is 5.69 Å². The third kappa shape index (κ3) is 3.88. The van der Waals surface area contributed by atoms with Crippen molar-refractivity contribution in [3.05, 3.63) is 65.5 Å². The van der Waals surface area contributed by atoms with E-state index >= 15 is 0 Å². The average molecular weight is 336 g/mol. The highest BCUT2D eigenvalue weighted by atomic mass is 19.1. The molecule has 3 nitrogen and oxygen atoms in total. The van der Waals surface area contributed by atoms with E-state index < -0.39 is 17.7 Å². The first-order chi connectivity index (χ1) is 11.5. The van der Waals surface area contributed by atoms with Crippen LogP contribution in [0.25, 0.3) is 0 Å². The molecular formula is C18H19F3N2O. The monoisotopic (exact) mass is 336 g/mol. The molecule has 24 heavy (non-hydrogen) atoms. The summed E-state index contributed by atoms with van der Waals surface area (Å²) in [7, 11) is 0. The number of aliphatic hydroxyl groups excluding tert-OH is 1. The van der Waals surface area contributed by atoms with E-state index in [1.807, 2.05) is 4.90 Å². The number of hydrogen-bond donors (Lipinski definition) is 1. The summed E-state index contributed by atoms with van der Waals surface area (Å²) in [5.74, 6) is -1.65. The molecule has 0 saturated carbocycles. The standard InChI is InChI=1S/C18H19F3N2O/c19-13-1-4-15(5-2-13)23-9-7-22(8-10-23)12-18(24)16-6-3-14(20)11-17(16)21/h1-6,11,18,24H,7-10,12H2. The van der Waals surface area contributed by atoms with Crippen LogP contribution in [0, 0.1) is 17.5 Å². The maximum absolute atomic E-state index is 13.7. The lowest BCUT2D eigenvalue weighted by molar-refractivity contribution is 0.106. The topological polar surface area (TPSA) is 26.7 Å². The number of hydrogen-bond acceptors (Lipinski definition) is 3. The predicted octanol–water partition coefficient (Wildman–Crippen LogP) is 2.96. The first kappa shape index (κ1) is 16.8. The lowest BCUT2D eigenvalue weighted by Gasteiger charge is -2.37. The molecule has 0 amide bonds. The minimum Gasteiger partial charge on any atom is -0.387 e. The second kappa shape index (κ2) is 7.23. The number of benzene rings is 2. The molecule has 1 unspecified atom stereocenters. The van der Waals surface area contributed by atoms with E-state index in [-0.39, 0.29) is 11.4 Å². The molecule has 0 bridgehead atoms. The highest BCUT2D eigenvalue weighted by molar-refractivity contribution is 5.46. The van der Waals surface area contributed by atoms with Gasteiger partial charge in [-0.1, -0.05) is 6.07 Å². The molecule has 1 fully saturated rings. The minimum absolute atomic E-state index is 0.109. The molecule has 0 aliphatic carbocycles. The van der Waals surface area contributed by atoms with E-state index in [0.29, 0.717) is 19.6 Å². The Hall–Kier alpha value is -2.05. The molecule has 2 aromatic rings. The zero-order chi connectivity index (χ0) is 17.1. The molecule has 3 rings (SSSR count). The van der Waals surface area contributed by atoms with Gasteiger partial charge in [0.2, 0.25) is 0 Å². The predicted molar refractivity (Wildman–Crippen MR) is 86.4 cm³/mol. The molecule has 1 atom stereocenters. The largest absolute Gasteiger partial charge is 0.387 e. The van der Waals surface area contributed by atoms with E-state index in [1.54, 1.807) is 12.1 Å². The van der Waals surface area contributed by atoms with Gasteiger partial charge >= 0.3 is 0 Å². The fourth-order valence-electron chi connectivity index (χ4n) is 2.96. The molecule has 1 aliphatic heterocycles. The Balaban J connectivity index is 1.56. The number of nitrogens with zero attached hydrogens (tertiary/aromatic N) is 2. The van der Waals surface area contributed by atoms with Crippen LogP contribution >= 0.6 is 0 Å². The van der Waals surface area contributed by atoms with Crippen LogP contribution in [0.15, 0.2) is 42.5 Å². The first-order valence-corrected chi connectivity index (χ1v) is 7.89. The maximum atomic E-state index is 13.7. The Morgan fingerprint density at radius 2 is 1.50 bits per heavy atom. The Kier molecular flexibility index (Phi) is 5.06. The van der Waals surface area contributed by atoms with E-state index in [9.17, 15) is 18.3 Å². The van der Waals surface area contributed by atoms with Crippen LogP contribution in [0.5, 0.6) is 0 Å². The van der Waals surface area contributed by atoms with Gasteiger partial charge in [0.1, 0.15) is 17.5 Å². The van der Waals surface area contributed by atoms with Crippen LogP contribution in [0.2, 0.25) is 0 Å². The molecule has 0 radical (unpaired) electrons. The summed E-state index contributed by atoms with van der Waals surface area (Å²) < 4.78 is 39.6. The molecule has 1 aliphatic rings. The van der Waals surface area contributed by atoms with Crippen LogP contribution in [-0.4, -0.2) is 42.7 Å². The SMILES string of the molecule is OC(CN1CCN(c2ccc(F)cc2)CC1)c1ccc(F)cc1F. The molecule has 1 heterocycles. The number of anilines is 1. The Morgan fingerprint density at radius 1 is 0.875 bits per heavy atom. The van der Waals surface area contributed by atoms with E-state index in [0.717, 1.165) is 30.9 Å². The van der Waals surface area contributed by atoms with Gasteiger partial charge in [0.25, 0.3) is 0 Å². The number of halogens is 3. The quantitative estimate of drug-likeness (QED) is 0.930. The Labute approximate surface area is 138 Å². The lowest BCUT2D eigenvalue weighted by Crippen LogP contribution is -2.47. The fourth-order valence-corrected chi connectivity index (χ4v) is 2.96. The van der Waals surface area contributed by atoms with Crippen molar-refractivity contribution in [3.8, 4) is 0 Å². The number of piperazine rings is 1. The normalized spacial score (nSPS) is 17.1. The Bertz CT molecular complexity index is 685. The second-order valence-corrected chi connectivity index (χ2v) is 5.95. The van der Waals surface area contributed by atoms with Gasteiger partial charge in [-0.3, -0.25) is 4.90 Å². The van der Waals surface area contributed by atoms with Crippen molar-refractivity contribution in [1.29, 1.82) is 0 Å². The lowest BCUT2D eigenvalue weighted by atomic mass is 10.1. The first-order valence-electron chi connectivity index (χ1n) is 7.89. The molecular weight excluding hydrogens is 317 g/mol. The number of β-amino-alcohol motifs (C(OH)–C–C–N with tert-alkyl or cyclic N) is 1. The van der Waals surface area contributed by atoms with E-state index in [2.05, 4.69) is 4.90 Å². The van der Waals surface area contributed by atoms with Crippen LogP contribution in [0.1, 0.15) is 11.7 Å². The van der Waals surface area contributed by atoms with Crippen LogP contribution in [0.3, 0.4) is 0 Å². The van der Waals surface area contributed by atoms with Gasteiger partial charge in [0.15, 0.2) is 0 Å². The van der Waals surface area contributed by atoms with Gasteiger partial charge in [-0.05, 0) is 30.3 Å². The fraction of sp³-hybridized carbons (Fsp3) is 0.333. The summed E-state index contributed by atoms with van der Waals surface area (Å²) in [6.45, 7) is 3.18. The molecule has 128 valence electrons. The number of aliphatic hydroxyl groups is 1. The minimum atomic E-state index is -0.997. The summed E-state index contributed by atoms with van der Waals surface area (Å²) in [5.41, 5.74) is 1.07. The molecule has 1 saturated heterocycles. The van der Waals surface area contributed by atoms with Gasteiger partial charge < -0.3 is 10.0 Å². The second-order valence-electron chi connectivity index (χ2n) is 5.95. The van der Waals surface area contributed by atoms with Crippen LogP contribution in [-0.2, 0) is 0 Å². The van der Waals surface area contributed by atoms with E-state index in [4.69, 9.17) is 0 Å². The van der Waals surface area contributed by atoms with E-state index in [1.165, 1.54) is 18.2 Å². The van der Waals surface area contributed by atoms with Gasteiger partial charge in [0.05, 0.1) is 6.10 Å². The summed E-state index contributed by atoms with van der Waals surface area (Å²) in [5, 5.41) is 10.2. The van der Waals surface area contributed by atoms with Crippen LogP contribution in [0.4, 0.5) is 18.9 Å². The molecule has 0 spiro atoms. The van der Waals surface area contributed by atoms with Crippen molar-refractivity contribution in [3.63, 3.8) is 0 Å².